The van der Waals surface area contributed by atoms with E-state index in [1.165, 1.54) is 112 Å². The fourth-order valence-electron chi connectivity index (χ4n) is 5.15. The first-order valence-corrected chi connectivity index (χ1v) is 13.5. The molecule has 2 heteroatoms. The summed E-state index contributed by atoms with van der Waals surface area (Å²) in [6, 6.07) is 14.0. The van der Waals surface area contributed by atoms with Gasteiger partial charge in [-0.1, -0.05) is 77.3 Å². The highest BCUT2D eigenvalue weighted by molar-refractivity contribution is 6.00. The Hall–Kier alpha value is -1.38. The second-order valence-electron chi connectivity index (χ2n) is 11.0. The molecule has 180 valence electrons. The van der Waals surface area contributed by atoms with Crippen molar-refractivity contribution >= 4 is 22.1 Å². The van der Waals surface area contributed by atoms with Gasteiger partial charge in [-0.25, -0.2) is 0 Å². The first-order valence-electron chi connectivity index (χ1n) is 13.5. The third kappa shape index (κ3) is 7.89. The zero-order valence-electron chi connectivity index (χ0n) is 22.3. The smallest absolute Gasteiger partial charge is 0.140 e. The van der Waals surface area contributed by atoms with E-state index in [9.17, 15) is 0 Å². The summed E-state index contributed by atoms with van der Waals surface area (Å²) in [4.78, 5) is 0. The number of benzene rings is 2. The van der Waals surface area contributed by atoms with Gasteiger partial charge in [0.1, 0.15) is 11.4 Å². The molecule has 32 heavy (non-hydrogen) atoms. The number of hydrogen-bond donors (Lipinski definition) is 0. The molecule has 0 radical (unpaired) electrons. The molecule has 0 heterocycles. The van der Waals surface area contributed by atoms with Crippen LogP contribution in [0.25, 0.3) is 10.8 Å². The van der Waals surface area contributed by atoms with Crippen molar-refractivity contribution in [2.75, 3.05) is 41.3 Å². The quantitative estimate of drug-likeness (QED) is 0.181. The summed E-state index contributed by atoms with van der Waals surface area (Å²) < 4.78 is 1.94. The molecule has 0 saturated carbocycles. The molecule has 0 N–H and O–H groups in total. The predicted molar refractivity (Wildman–Crippen MR) is 148 cm³/mol. The van der Waals surface area contributed by atoms with E-state index in [0.29, 0.717) is 0 Å². The van der Waals surface area contributed by atoms with Crippen molar-refractivity contribution in [3.05, 3.63) is 36.4 Å². The molecule has 0 aromatic heterocycles. The summed E-state index contributed by atoms with van der Waals surface area (Å²) in [7, 11) is 9.57. The molecule has 0 amide bonds. The molecule has 0 spiro atoms. The van der Waals surface area contributed by atoms with Gasteiger partial charge in [-0.05, 0) is 49.9 Å². The minimum absolute atomic E-state index is 0.972. The van der Waals surface area contributed by atoms with Gasteiger partial charge in [0.05, 0.1) is 41.3 Å². The summed E-state index contributed by atoms with van der Waals surface area (Å²) >= 11 is 0. The topological polar surface area (TPSA) is 0 Å². The molecule has 0 fully saturated rings. The molecule has 2 aromatic rings. The lowest BCUT2D eigenvalue weighted by Gasteiger charge is -2.33. The van der Waals surface area contributed by atoms with Gasteiger partial charge in [0.25, 0.3) is 0 Å². The van der Waals surface area contributed by atoms with E-state index in [1.54, 1.807) is 0 Å². The molecule has 0 aliphatic carbocycles. The Morgan fingerprint density at radius 1 is 0.469 bits per heavy atom. The third-order valence-electron chi connectivity index (χ3n) is 7.32. The second-order valence-corrected chi connectivity index (χ2v) is 11.0. The predicted octanol–water partition coefficient (Wildman–Crippen LogP) is 8.69. The maximum Gasteiger partial charge on any atom is 0.140 e. The average Bonchev–Trinajstić information content (AvgIpc) is 2.77. The van der Waals surface area contributed by atoms with E-state index in [4.69, 9.17) is 0 Å². The van der Waals surface area contributed by atoms with Crippen molar-refractivity contribution in [1.29, 1.82) is 0 Å². The van der Waals surface area contributed by atoms with E-state index in [2.05, 4.69) is 78.4 Å². The van der Waals surface area contributed by atoms with Gasteiger partial charge < -0.3 is 0 Å². The Labute approximate surface area is 199 Å². The number of unbranched alkanes of at least 4 members (excludes halogenated alkanes) is 10. The number of fused-ring (bicyclic) bond motifs is 1. The Kier molecular flexibility index (Phi) is 11.2. The maximum atomic E-state index is 2.39. The summed E-state index contributed by atoms with van der Waals surface area (Å²) in [5.74, 6) is 0. The van der Waals surface area contributed by atoms with E-state index >= 15 is 0 Å². The molecule has 0 bridgehead atoms. The van der Waals surface area contributed by atoms with E-state index in [-0.39, 0.29) is 0 Å². The van der Waals surface area contributed by atoms with Crippen molar-refractivity contribution < 1.29 is 0 Å². The van der Waals surface area contributed by atoms with Crippen molar-refractivity contribution in [3.8, 4) is 0 Å². The Balaban J connectivity index is 2.12. The van der Waals surface area contributed by atoms with Crippen LogP contribution in [0.1, 0.15) is 90.9 Å². The molecular formula is C30H52N2+2. The summed E-state index contributed by atoms with van der Waals surface area (Å²) in [5, 5.41) is 2.88. The maximum absolute atomic E-state index is 2.39. The lowest BCUT2D eigenvalue weighted by molar-refractivity contribution is 0.381. The number of rotatable bonds is 16. The van der Waals surface area contributed by atoms with Crippen molar-refractivity contribution in [3.63, 3.8) is 0 Å². The zero-order chi connectivity index (χ0) is 23.5. The van der Waals surface area contributed by atoms with Gasteiger partial charge in [-0.15, -0.1) is 0 Å². The van der Waals surface area contributed by atoms with Crippen LogP contribution < -0.4 is 8.97 Å². The van der Waals surface area contributed by atoms with E-state index in [0.717, 1.165) is 8.97 Å². The minimum Gasteiger partial charge on any atom is -0.295 e. The van der Waals surface area contributed by atoms with E-state index in [1.807, 2.05) is 0 Å². The van der Waals surface area contributed by atoms with Crippen molar-refractivity contribution in [2.45, 2.75) is 90.9 Å². The lowest BCUT2D eigenvalue weighted by Crippen LogP contribution is -2.42. The standard InChI is InChI=1S/C30H52N2/c1-7-9-11-13-15-17-25-31(3,4)29-23-19-22-28-27(29)21-20-24-30(28)32(5,6)26-18-16-14-12-10-8-2/h19-24H,7-18,25-26H2,1-6H3/q+2. The van der Waals surface area contributed by atoms with Crippen LogP contribution in [0.4, 0.5) is 11.4 Å². The molecule has 0 unspecified atom stereocenters. The van der Waals surface area contributed by atoms with Crippen LogP contribution in [-0.4, -0.2) is 41.3 Å². The van der Waals surface area contributed by atoms with Crippen LogP contribution >= 0.6 is 0 Å². The normalized spacial score (nSPS) is 12.6. The van der Waals surface area contributed by atoms with Crippen molar-refractivity contribution in [2.24, 2.45) is 0 Å². The first kappa shape index (κ1) is 26.9. The Morgan fingerprint density at radius 3 is 1.19 bits per heavy atom. The molecule has 0 saturated heterocycles. The van der Waals surface area contributed by atoms with Gasteiger partial charge in [-0.3, -0.25) is 8.97 Å². The highest BCUT2D eigenvalue weighted by Gasteiger charge is 2.26. The second kappa shape index (κ2) is 13.4. The molecule has 2 rings (SSSR count). The van der Waals surface area contributed by atoms with Crippen LogP contribution in [-0.2, 0) is 0 Å². The molecule has 2 aromatic carbocycles. The van der Waals surface area contributed by atoms with Crippen LogP contribution in [0.3, 0.4) is 0 Å². The number of nitrogens with zero attached hydrogens (tertiary/aromatic N) is 2. The van der Waals surface area contributed by atoms with Crippen LogP contribution in [0.2, 0.25) is 0 Å². The van der Waals surface area contributed by atoms with Gasteiger partial charge in [0, 0.05) is 10.8 Å². The molecule has 0 aliphatic heterocycles. The molecular weight excluding hydrogens is 388 g/mol. The van der Waals surface area contributed by atoms with Gasteiger partial charge in [0.2, 0.25) is 0 Å². The summed E-state index contributed by atoms with van der Waals surface area (Å²) in [6.45, 7) is 7.02. The molecule has 0 atom stereocenters. The SMILES string of the molecule is CCCCCCCC[N+](C)(C)c1cccc2c([N+](C)(C)CCCCCCCC)cccc12. The fraction of sp³-hybridized carbons (Fsp3) is 0.667. The zero-order valence-corrected chi connectivity index (χ0v) is 22.3. The number of quaternary nitrogens is 2. The van der Waals surface area contributed by atoms with Gasteiger partial charge in [-0.2, -0.15) is 0 Å². The molecule has 0 aliphatic rings. The third-order valence-corrected chi connectivity index (χ3v) is 7.32. The minimum atomic E-state index is 0.972. The molecule has 2 nitrogen and oxygen atoms in total. The highest BCUT2D eigenvalue weighted by atomic mass is 15.3. The van der Waals surface area contributed by atoms with Crippen LogP contribution in [0, 0.1) is 0 Å². The van der Waals surface area contributed by atoms with Gasteiger partial charge in [0.15, 0.2) is 0 Å². The van der Waals surface area contributed by atoms with Gasteiger partial charge >= 0.3 is 0 Å². The number of hydrogen-bond acceptors (Lipinski definition) is 0. The Bertz CT molecular complexity index is 723. The summed E-state index contributed by atoms with van der Waals surface area (Å²) in [5.41, 5.74) is 2.94. The largest absolute Gasteiger partial charge is 0.295 e. The monoisotopic (exact) mass is 440 g/mol. The van der Waals surface area contributed by atoms with Crippen LogP contribution in [0.5, 0.6) is 0 Å². The van der Waals surface area contributed by atoms with E-state index < -0.39 is 0 Å². The first-order chi connectivity index (χ1) is 15.3. The Morgan fingerprint density at radius 2 is 0.812 bits per heavy atom. The summed E-state index contributed by atoms with van der Waals surface area (Å²) in [6.07, 6.45) is 16.3. The lowest BCUT2D eigenvalue weighted by atomic mass is 10.0. The fourth-order valence-corrected chi connectivity index (χ4v) is 5.15. The average molecular weight is 441 g/mol. The highest BCUT2D eigenvalue weighted by Crippen LogP contribution is 2.37. The van der Waals surface area contributed by atoms with Crippen LogP contribution in [0.15, 0.2) is 36.4 Å². The van der Waals surface area contributed by atoms with Crippen molar-refractivity contribution in [1.82, 2.24) is 8.97 Å².